The average Bonchev–Trinajstić information content (AvgIpc) is 3.32. The fraction of sp³-hybridized carbons (Fsp3) is 0.414. The van der Waals surface area contributed by atoms with E-state index in [9.17, 15) is 13.6 Å². The molecule has 12 nitrogen and oxygen atoms in total. The molecule has 0 bridgehead atoms. The number of hydrogen-bond donors (Lipinski definition) is 1. The van der Waals surface area contributed by atoms with Gasteiger partial charge in [0.1, 0.15) is 35.7 Å². The van der Waals surface area contributed by atoms with Crippen LogP contribution >= 0.6 is 0 Å². The topological polar surface area (TPSA) is 125 Å². The molecule has 1 atom stereocenters. The van der Waals surface area contributed by atoms with Crippen molar-refractivity contribution in [3.63, 3.8) is 0 Å². The van der Waals surface area contributed by atoms with Crippen LogP contribution in [-0.2, 0) is 9.47 Å². The number of pyridine rings is 2. The summed E-state index contributed by atoms with van der Waals surface area (Å²) in [6.07, 6.45) is 2.21. The predicted octanol–water partition coefficient (Wildman–Crippen LogP) is 5.16. The highest BCUT2D eigenvalue weighted by molar-refractivity contribution is 5.75. The van der Waals surface area contributed by atoms with E-state index in [2.05, 4.69) is 30.1 Å². The van der Waals surface area contributed by atoms with Gasteiger partial charge in [-0.1, -0.05) is 0 Å². The Balaban J connectivity index is 1.36. The van der Waals surface area contributed by atoms with Crippen LogP contribution in [0.3, 0.4) is 0 Å². The third-order valence-corrected chi connectivity index (χ3v) is 6.26. The minimum absolute atomic E-state index is 0.0871. The number of anilines is 2. The van der Waals surface area contributed by atoms with Crippen LogP contribution in [0.5, 0.6) is 11.6 Å². The number of aromatic nitrogens is 5. The van der Waals surface area contributed by atoms with Gasteiger partial charge in [-0.25, -0.2) is 24.3 Å². The van der Waals surface area contributed by atoms with Gasteiger partial charge in [0, 0.05) is 42.2 Å². The number of amides is 1. The van der Waals surface area contributed by atoms with E-state index in [0.717, 1.165) is 11.2 Å². The molecule has 14 heteroatoms. The highest BCUT2D eigenvalue weighted by atomic mass is 19.3. The third kappa shape index (κ3) is 7.83. The molecule has 1 aliphatic rings. The summed E-state index contributed by atoms with van der Waals surface area (Å²) in [6.45, 7) is 7.15. The molecule has 0 unspecified atom stereocenters. The molecule has 1 amide bonds. The molecule has 4 aromatic heterocycles. The Morgan fingerprint density at radius 2 is 1.98 bits per heavy atom. The van der Waals surface area contributed by atoms with Crippen LogP contribution in [0, 0.1) is 13.8 Å². The lowest BCUT2D eigenvalue weighted by Crippen LogP contribution is -2.49. The monoisotopic (exact) mass is 597 g/mol. The van der Waals surface area contributed by atoms with Gasteiger partial charge in [-0.3, -0.25) is 0 Å². The number of nitrogens with zero attached hydrogens (tertiary/aromatic N) is 6. The lowest BCUT2D eigenvalue weighted by atomic mass is 10.1. The number of nitrogens with one attached hydrogen (secondary N) is 1. The normalized spacial score (nSPS) is 15.5. The number of morpholine rings is 1. The van der Waals surface area contributed by atoms with E-state index in [1.807, 2.05) is 32.0 Å². The number of carbonyl (C=O) groups is 1. The van der Waals surface area contributed by atoms with Gasteiger partial charge in [-0.15, -0.1) is 0 Å². The minimum Gasteiger partial charge on any atom is -0.489 e. The third-order valence-electron chi connectivity index (χ3n) is 6.26. The molecule has 1 N–H and O–H groups in total. The molecule has 5 heterocycles. The lowest BCUT2D eigenvalue weighted by Gasteiger charge is -2.34. The van der Waals surface area contributed by atoms with Gasteiger partial charge < -0.3 is 29.2 Å². The first-order valence-corrected chi connectivity index (χ1v) is 13.7. The summed E-state index contributed by atoms with van der Waals surface area (Å²) in [7, 11) is 0. The van der Waals surface area contributed by atoms with Gasteiger partial charge in [0.15, 0.2) is 5.82 Å². The van der Waals surface area contributed by atoms with E-state index in [4.69, 9.17) is 14.2 Å². The Bertz CT molecular complexity index is 1590. The number of rotatable bonds is 8. The van der Waals surface area contributed by atoms with Crippen LogP contribution in [0.25, 0.3) is 16.6 Å². The van der Waals surface area contributed by atoms with Crippen LogP contribution in [0.4, 0.5) is 25.2 Å². The molecule has 0 aliphatic carbocycles. The summed E-state index contributed by atoms with van der Waals surface area (Å²) in [5.74, 6) is 1.88. The lowest BCUT2D eigenvalue weighted by molar-refractivity contribution is -0.0563. The SMILES string of the molecule is Cc1cc(Nc2cc3cc(-c4cc(OC(F)F)ncc4OC[C@@H]4CN(C(=O)OC(C)(C)C)CCO4)ccn3n2)nc(C)n1. The number of halogens is 2. The van der Waals surface area contributed by atoms with E-state index in [0.29, 0.717) is 47.5 Å². The van der Waals surface area contributed by atoms with Crippen molar-refractivity contribution in [2.45, 2.75) is 52.9 Å². The number of carbonyl (C=O) groups excluding carboxylic acids is 1. The molecule has 0 aromatic carbocycles. The highest BCUT2D eigenvalue weighted by Crippen LogP contribution is 2.34. The molecule has 228 valence electrons. The van der Waals surface area contributed by atoms with Crippen molar-refractivity contribution < 1.29 is 32.5 Å². The molecular weight excluding hydrogens is 564 g/mol. The van der Waals surface area contributed by atoms with Gasteiger partial charge in [-0.2, -0.15) is 13.9 Å². The number of ether oxygens (including phenoxy) is 4. The van der Waals surface area contributed by atoms with Crippen molar-refractivity contribution >= 4 is 23.2 Å². The molecule has 0 radical (unpaired) electrons. The molecule has 43 heavy (non-hydrogen) atoms. The second-order valence-corrected chi connectivity index (χ2v) is 11.0. The fourth-order valence-corrected chi connectivity index (χ4v) is 4.55. The number of fused-ring (bicyclic) bond motifs is 1. The summed E-state index contributed by atoms with van der Waals surface area (Å²) >= 11 is 0. The standard InChI is InChI=1S/C29H33F2N7O5/c1-17-10-24(34-18(2)33-17)35-25-12-20-11-19(6-7-38(20)36-25)22-13-26(42-27(30)31)32-14-23(22)41-16-21-15-37(8-9-40-21)28(39)43-29(3,4)5/h6-7,10-14,21,27H,8-9,15-16H2,1-5H3,(H,33,34,35,36)/t21-/m0/s1. The van der Waals surface area contributed by atoms with Gasteiger partial charge >= 0.3 is 12.7 Å². The van der Waals surface area contributed by atoms with E-state index < -0.39 is 24.4 Å². The van der Waals surface area contributed by atoms with Crippen molar-refractivity contribution in [1.29, 1.82) is 0 Å². The maximum Gasteiger partial charge on any atom is 0.410 e. The fourth-order valence-electron chi connectivity index (χ4n) is 4.55. The van der Waals surface area contributed by atoms with Gasteiger partial charge in [0.2, 0.25) is 5.88 Å². The zero-order chi connectivity index (χ0) is 30.7. The Labute approximate surface area is 247 Å². The summed E-state index contributed by atoms with van der Waals surface area (Å²) in [5, 5.41) is 7.73. The van der Waals surface area contributed by atoms with Crippen LogP contribution in [0.2, 0.25) is 0 Å². The number of aryl methyl sites for hydroxylation is 2. The Morgan fingerprint density at radius 3 is 2.72 bits per heavy atom. The summed E-state index contributed by atoms with van der Waals surface area (Å²) in [4.78, 5) is 26.8. The van der Waals surface area contributed by atoms with Crippen molar-refractivity contribution in [2.24, 2.45) is 0 Å². The van der Waals surface area contributed by atoms with Gasteiger partial charge in [-0.05, 0) is 52.3 Å². The predicted molar refractivity (Wildman–Crippen MR) is 153 cm³/mol. The van der Waals surface area contributed by atoms with Gasteiger partial charge in [0.05, 0.1) is 24.9 Å². The van der Waals surface area contributed by atoms with Gasteiger partial charge in [0.25, 0.3) is 0 Å². The maximum atomic E-state index is 13.0. The van der Waals surface area contributed by atoms with E-state index in [-0.39, 0.29) is 19.0 Å². The minimum atomic E-state index is -3.04. The Kier molecular flexibility index (Phi) is 8.57. The van der Waals surface area contributed by atoms with Crippen LogP contribution < -0.4 is 14.8 Å². The zero-order valence-corrected chi connectivity index (χ0v) is 24.5. The molecule has 0 spiro atoms. The molecule has 1 saturated heterocycles. The Morgan fingerprint density at radius 1 is 1.16 bits per heavy atom. The molecule has 4 aromatic rings. The summed E-state index contributed by atoms with van der Waals surface area (Å²) < 4.78 is 49.6. The first kappa shape index (κ1) is 29.9. The first-order chi connectivity index (χ1) is 20.4. The number of hydrogen-bond acceptors (Lipinski definition) is 10. The molecule has 1 aliphatic heterocycles. The second-order valence-electron chi connectivity index (χ2n) is 11.0. The zero-order valence-electron chi connectivity index (χ0n) is 24.5. The van der Waals surface area contributed by atoms with E-state index in [1.165, 1.54) is 12.3 Å². The van der Waals surface area contributed by atoms with Crippen molar-refractivity contribution in [3.05, 3.63) is 54.2 Å². The average molecular weight is 598 g/mol. The largest absolute Gasteiger partial charge is 0.489 e. The van der Waals surface area contributed by atoms with Crippen LogP contribution in [0.1, 0.15) is 32.3 Å². The first-order valence-electron chi connectivity index (χ1n) is 13.7. The smallest absolute Gasteiger partial charge is 0.410 e. The summed E-state index contributed by atoms with van der Waals surface area (Å²) in [5.41, 5.74) is 2.06. The number of alkyl halides is 2. The van der Waals surface area contributed by atoms with E-state index >= 15 is 0 Å². The Hall–Kier alpha value is -4.59. The molecule has 5 rings (SSSR count). The molecular formula is C29H33F2N7O5. The van der Waals surface area contributed by atoms with E-state index in [1.54, 1.807) is 42.4 Å². The quantitative estimate of drug-likeness (QED) is 0.291. The maximum absolute atomic E-state index is 13.0. The van der Waals surface area contributed by atoms with Crippen LogP contribution in [-0.4, -0.2) is 80.2 Å². The van der Waals surface area contributed by atoms with Crippen molar-refractivity contribution in [1.82, 2.24) is 29.5 Å². The highest BCUT2D eigenvalue weighted by Gasteiger charge is 2.29. The van der Waals surface area contributed by atoms with Crippen molar-refractivity contribution in [2.75, 3.05) is 31.6 Å². The van der Waals surface area contributed by atoms with Crippen LogP contribution in [0.15, 0.2) is 42.7 Å². The second kappa shape index (κ2) is 12.3. The molecule has 0 saturated carbocycles. The molecule has 1 fully saturated rings. The summed E-state index contributed by atoms with van der Waals surface area (Å²) in [6, 6.07) is 8.65. The van der Waals surface area contributed by atoms with Crippen molar-refractivity contribution in [3.8, 4) is 22.8 Å².